The van der Waals surface area contributed by atoms with Gasteiger partial charge in [0.25, 0.3) is 0 Å². The number of likely N-dealkylation sites (tertiary alicyclic amines) is 1. The van der Waals surface area contributed by atoms with Gasteiger partial charge in [-0.2, -0.15) is 5.10 Å². The first-order valence-electron chi connectivity index (χ1n) is 8.86. The largest absolute Gasteiger partial charge is 0.494 e. The zero-order valence-corrected chi connectivity index (χ0v) is 15.1. The molecule has 3 aromatic rings. The number of para-hydroxylation sites is 1. The Hall–Kier alpha value is -2.66. The molecule has 1 aromatic heterocycles. The van der Waals surface area contributed by atoms with Crippen LogP contribution in [0.25, 0.3) is 16.9 Å². The average molecular weight is 351 g/mol. The van der Waals surface area contributed by atoms with Gasteiger partial charge in [0.05, 0.1) is 18.5 Å². The van der Waals surface area contributed by atoms with Gasteiger partial charge in [0.1, 0.15) is 0 Å². The van der Waals surface area contributed by atoms with Crippen LogP contribution < -0.4 is 4.74 Å². The number of aromatic nitrogens is 2. The topological polar surface area (TPSA) is 30.3 Å². The van der Waals surface area contributed by atoms with Crippen LogP contribution in [0.5, 0.6) is 5.75 Å². The molecule has 0 saturated carbocycles. The molecule has 0 amide bonds. The molecule has 2 heterocycles. The molecule has 5 heteroatoms. The van der Waals surface area contributed by atoms with Crippen molar-refractivity contribution in [3.05, 3.63) is 65.6 Å². The number of aryl methyl sites for hydroxylation is 1. The predicted octanol–water partition coefficient (Wildman–Crippen LogP) is 4.20. The van der Waals surface area contributed by atoms with Gasteiger partial charge < -0.3 is 4.74 Å². The van der Waals surface area contributed by atoms with Crippen molar-refractivity contribution in [1.82, 2.24) is 14.7 Å². The summed E-state index contributed by atoms with van der Waals surface area (Å²) in [6.07, 6.45) is 3.30. The predicted molar refractivity (Wildman–Crippen MR) is 100 cm³/mol. The minimum Gasteiger partial charge on any atom is -0.494 e. The Kier molecular flexibility index (Phi) is 4.47. The molecule has 0 unspecified atom stereocenters. The number of benzene rings is 2. The van der Waals surface area contributed by atoms with E-state index in [4.69, 9.17) is 9.84 Å². The first kappa shape index (κ1) is 16.8. The Morgan fingerprint density at radius 1 is 1.15 bits per heavy atom. The SMILES string of the molecule is COc1ccc(-c2nn(-c3ccccc3C)cc2CN2CCC2)cc1F. The molecular formula is C21H22FN3O. The Balaban J connectivity index is 1.78. The third kappa shape index (κ3) is 3.10. The summed E-state index contributed by atoms with van der Waals surface area (Å²) in [4.78, 5) is 2.38. The average Bonchev–Trinajstić information content (AvgIpc) is 3.02. The van der Waals surface area contributed by atoms with Crippen molar-refractivity contribution in [2.24, 2.45) is 0 Å². The molecule has 1 saturated heterocycles. The van der Waals surface area contributed by atoms with Crippen molar-refractivity contribution in [3.8, 4) is 22.7 Å². The van der Waals surface area contributed by atoms with E-state index in [2.05, 4.69) is 24.1 Å². The van der Waals surface area contributed by atoms with Gasteiger partial charge >= 0.3 is 0 Å². The van der Waals surface area contributed by atoms with E-state index in [-0.39, 0.29) is 11.6 Å². The van der Waals surface area contributed by atoms with Crippen molar-refractivity contribution >= 4 is 0 Å². The van der Waals surface area contributed by atoms with Crippen LogP contribution in [0.3, 0.4) is 0 Å². The molecule has 26 heavy (non-hydrogen) atoms. The third-order valence-electron chi connectivity index (χ3n) is 4.92. The maximum absolute atomic E-state index is 14.2. The summed E-state index contributed by atoms with van der Waals surface area (Å²) in [7, 11) is 1.47. The second kappa shape index (κ2) is 6.92. The highest BCUT2D eigenvalue weighted by Gasteiger charge is 2.20. The highest BCUT2D eigenvalue weighted by molar-refractivity contribution is 5.64. The Bertz CT molecular complexity index is 931. The van der Waals surface area contributed by atoms with Crippen LogP contribution in [0.4, 0.5) is 4.39 Å². The fourth-order valence-electron chi connectivity index (χ4n) is 3.31. The molecule has 4 rings (SSSR count). The molecule has 0 aliphatic carbocycles. The number of halogens is 1. The maximum atomic E-state index is 14.2. The van der Waals surface area contributed by atoms with Crippen LogP contribution >= 0.6 is 0 Å². The second-order valence-corrected chi connectivity index (χ2v) is 6.71. The second-order valence-electron chi connectivity index (χ2n) is 6.71. The quantitative estimate of drug-likeness (QED) is 0.690. The summed E-state index contributed by atoms with van der Waals surface area (Å²) in [5, 5.41) is 4.80. The van der Waals surface area contributed by atoms with Gasteiger partial charge in [-0.25, -0.2) is 9.07 Å². The van der Waals surface area contributed by atoms with Gasteiger partial charge in [-0.1, -0.05) is 18.2 Å². The monoisotopic (exact) mass is 351 g/mol. The van der Waals surface area contributed by atoms with Crippen LogP contribution in [-0.4, -0.2) is 34.9 Å². The lowest BCUT2D eigenvalue weighted by molar-refractivity contribution is 0.173. The lowest BCUT2D eigenvalue weighted by Crippen LogP contribution is -2.36. The van der Waals surface area contributed by atoms with Gasteiger partial charge in [-0.15, -0.1) is 0 Å². The molecule has 1 aliphatic rings. The van der Waals surface area contributed by atoms with Crippen LogP contribution in [0.1, 0.15) is 17.5 Å². The van der Waals surface area contributed by atoms with Gasteiger partial charge in [0.15, 0.2) is 11.6 Å². The summed E-state index contributed by atoms with van der Waals surface area (Å²) in [5.74, 6) is -0.123. The van der Waals surface area contributed by atoms with Crippen molar-refractivity contribution < 1.29 is 9.13 Å². The summed E-state index contributed by atoms with van der Waals surface area (Å²) < 4.78 is 21.2. The number of hydrogen-bond donors (Lipinski definition) is 0. The summed E-state index contributed by atoms with van der Waals surface area (Å²) in [6.45, 7) is 5.10. The van der Waals surface area contributed by atoms with Crippen molar-refractivity contribution in [2.45, 2.75) is 19.9 Å². The van der Waals surface area contributed by atoms with Crippen molar-refractivity contribution in [3.63, 3.8) is 0 Å². The van der Waals surface area contributed by atoms with Crippen LogP contribution in [0.2, 0.25) is 0 Å². The number of rotatable bonds is 5. The fourth-order valence-corrected chi connectivity index (χ4v) is 3.31. The lowest BCUT2D eigenvalue weighted by Gasteiger charge is -2.30. The molecular weight excluding hydrogens is 329 g/mol. The zero-order valence-electron chi connectivity index (χ0n) is 15.1. The summed E-state index contributed by atoms with van der Waals surface area (Å²) >= 11 is 0. The minimum atomic E-state index is -0.370. The summed E-state index contributed by atoms with van der Waals surface area (Å²) in [5.41, 5.74) is 4.89. The smallest absolute Gasteiger partial charge is 0.165 e. The first-order valence-corrected chi connectivity index (χ1v) is 8.86. The minimum absolute atomic E-state index is 0.247. The molecule has 2 aromatic carbocycles. The highest BCUT2D eigenvalue weighted by Crippen LogP contribution is 2.29. The molecule has 0 atom stereocenters. The molecule has 4 nitrogen and oxygen atoms in total. The third-order valence-corrected chi connectivity index (χ3v) is 4.92. The summed E-state index contributed by atoms with van der Waals surface area (Å²) in [6, 6.07) is 13.2. The van der Waals surface area contributed by atoms with Crippen LogP contribution in [0, 0.1) is 12.7 Å². The highest BCUT2D eigenvalue weighted by atomic mass is 19.1. The molecule has 0 radical (unpaired) electrons. The van der Waals surface area contributed by atoms with Crippen LogP contribution in [0.15, 0.2) is 48.7 Å². The van der Waals surface area contributed by atoms with E-state index in [9.17, 15) is 4.39 Å². The Morgan fingerprint density at radius 2 is 1.96 bits per heavy atom. The van der Waals surface area contributed by atoms with Gasteiger partial charge in [0.2, 0.25) is 0 Å². The van der Waals surface area contributed by atoms with E-state index in [0.717, 1.165) is 47.7 Å². The number of hydrogen-bond acceptors (Lipinski definition) is 3. The number of nitrogens with zero attached hydrogens (tertiary/aromatic N) is 3. The van der Waals surface area contributed by atoms with E-state index < -0.39 is 0 Å². The van der Waals surface area contributed by atoms with Gasteiger partial charge in [-0.3, -0.25) is 4.90 Å². The van der Waals surface area contributed by atoms with Gasteiger partial charge in [-0.05, 0) is 56.3 Å². The molecule has 0 N–H and O–H groups in total. The van der Waals surface area contributed by atoms with E-state index in [1.165, 1.54) is 19.6 Å². The standard InChI is InChI=1S/C21H22FN3O/c1-15-6-3-4-7-19(15)25-14-17(13-24-10-5-11-24)21(23-25)16-8-9-20(26-2)18(22)12-16/h3-4,6-9,12,14H,5,10-11,13H2,1-2H3. The molecule has 1 aliphatic heterocycles. The van der Waals surface area contributed by atoms with E-state index in [1.54, 1.807) is 6.07 Å². The van der Waals surface area contributed by atoms with Gasteiger partial charge in [0, 0.05) is 23.9 Å². The maximum Gasteiger partial charge on any atom is 0.165 e. The van der Waals surface area contributed by atoms with Crippen LogP contribution in [-0.2, 0) is 6.54 Å². The molecule has 0 bridgehead atoms. The number of ether oxygens (including phenoxy) is 1. The zero-order chi connectivity index (χ0) is 18.1. The van der Waals surface area contributed by atoms with Crippen molar-refractivity contribution in [1.29, 1.82) is 0 Å². The fraction of sp³-hybridized carbons (Fsp3) is 0.286. The molecule has 134 valence electrons. The Labute approximate surface area is 152 Å². The van der Waals surface area contributed by atoms with E-state index in [1.807, 2.05) is 28.9 Å². The number of methoxy groups -OCH3 is 1. The Morgan fingerprint density at radius 3 is 2.62 bits per heavy atom. The molecule has 0 spiro atoms. The first-order chi connectivity index (χ1) is 12.7. The lowest BCUT2D eigenvalue weighted by atomic mass is 10.1. The van der Waals surface area contributed by atoms with E-state index >= 15 is 0 Å². The normalized spacial score (nSPS) is 14.3. The van der Waals surface area contributed by atoms with Crippen molar-refractivity contribution in [2.75, 3.05) is 20.2 Å². The van der Waals surface area contributed by atoms with E-state index in [0.29, 0.717) is 0 Å². The molecule has 1 fully saturated rings.